The lowest BCUT2D eigenvalue weighted by atomic mass is 9.95. The van der Waals surface area contributed by atoms with Crippen molar-refractivity contribution in [1.29, 1.82) is 0 Å². The summed E-state index contributed by atoms with van der Waals surface area (Å²) in [6.07, 6.45) is 4.17. The van der Waals surface area contributed by atoms with Gasteiger partial charge in [0.05, 0.1) is 17.9 Å². The van der Waals surface area contributed by atoms with Gasteiger partial charge in [0, 0.05) is 25.6 Å². The molecule has 0 saturated carbocycles. The summed E-state index contributed by atoms with van der Waals surface area (Å²) in [5, 5.41) is 3.00. The van der Waals surface area contributed by atoms with E-state index in [1.807, 2.05) is 25.1 Å². The molecule has 1 aliphatic rings. The molecular weight excluding hydrogens is 361 g/mol. The predicted molar refractivity (Wildman–Crippen MR) is 103 cm³/mol. The number of nitrogens with zero attached hydrogens (tertiary/aromatic N) is 2. The molecule has 7 heteroatoms. The molecule has 1 N–H and O–H groups in total. The highest BCUT2D eigenvalue weighted by atomic mass is 19.1. The second-order valence-corrected chi connectivity index (χ2v) is 7.36. The molecule has 2 aromatic rings. The first kappa shape index (κ1) is 20.1. The largest absolute Gasteiger partial charge is 0.472 e. The standard InChI is InChI=1S/C21H26FN3O3/c1-24(2)19(16-4-3-5-18(22)12-16)13-23-20(26)15-6-9-25(10-7-15)21(27)17-8-11-28-14-17/h3-5,8,11-12,14-15,19H,6-7,9-10,13H2,1-2H3,(H,23,26). The third-order valence-corrected chi connectivity index (χ3v) is 5.25. The van der Waals surface area contributed by atoms with Crippen LogP contribution in [-0.4, -0.2) is 55.3 Å². The van der Waals surface area contributed by atoms with Gasteiger partial charge < -0.3 is 19.5 Å². The number of amides is 2. The fraction of sp³-hybridized carbons (Fsp3) is 0.429. The van der Waals surface area contributed by atoms with E-state index < -0.39 is 0 Å². The Morgan fingerprint density at radius 1 is 1.29 bits per heavy atom. The number of likely N-dealkylation sites (tertiary alicyclic amines) is 1. The van der Waals surface area contributed by atoms with Crippen LogP contribution in [0.4, 0.5) is 4.39 Å². The van der Waals surface area contributed by atoms with Gasteiger partial charge in [-0.3, -0.25) is 9.59 Å². The summed E-state index contributed by atoms with van der Waals surface area (Å²) in [6, 6.07) is 7.98. The number of benzene rings is 1. The van der Waals surface area contributed by atoms with Crippen molar-refractivity contribution in [2.24, 2.45) is 5.92 Å². The van der Waals surface area contributed by atoms with Gasteiger partial charge in [-0.1, -0.05) is 12.1 Å². The Balaban J connectivity index is 1.52. The number of rotatable bonds is 6. The van der Waals surface area contributed by atoms with Crippen LogP contribution in [0.15, 0.2) is 47.3 Å². The van der Waals surface area contributed by atoms with Crippen molar-refractivity contribution >= 4 is 11.8 Å². The molecule has 6 nitrogen and oxygen atoms in total. The summed E-state index contributed by atoms with van der Waals surface area (Å²) in [6.45, 7) is 1.50. The maximum absolute atomic E-state index is 13.5. The molecular formula is C21H26FN3O3. The number of carbonyl (C=O) groups is 2. The van der Waals surface area contributed by atoms with Crippen LogP contribution in [0.2, 0.25) is 0 Å². The highest BCUT2D eigenvalue weighted by Gasteiger charge is 2.28. The Bertz CT molecular complexity index is 799. The van der Waals surface area contributed by atoms with Crippen molar-refractivity contribution in [3.05, 3.63) is 59.8 Å². The van der Waals surface area contributed by atoms with Crippen molar-refractivity contribution in [2.45, 2.75) is 18.9 Å². The van der Waals surface area contributed by atoms with Gasteiger partial charge in [0.1, 0.15) is 12.1 Å². The number of hydrogen-bond acceptors (Lipinski definition) is 4. The molecule has 0 radical (unpaired) electrons. The fourth-order valence-electron chi connectivity index (χ4n) is 3.57. The van der Waals surface area contributed by atoms with Gasteiger partial charge in [0.2, 0.25) is 5.91 Å². The molecule has 1 fully saturated rings. The Hall–Kier alpha value is -2.67. The van der Waals surface area contributed by atoms with Crippen LogP contribution in [0.5, 0.6) is 0 Å². The zero-order chi connectivity index (χ0) is 20.1. The molecule has 2 amide bonds. The zero-order valence-electron chi connectivity index (χ0n) is 16.2. The Morgan fingerprint density at radius 2 is 2.04 bits per heavy atom. The normalized spacial score (nSPS) is 16.2. The van der Waals surface area contributed by atoms with E-state index in [1.54, 1.807) is 17.0 Å². The third kappa shape index (κ3) is 4.78. The lowest BCUT2D eigenvalue weighted by Crippen LogP contribution is -2.44. The van der Waals surface area contributed by atoms with Crippen molar-refractivity contribution in [3.8, 4) is 0 Å². The zero-order valence-corrected chi connectivity index (χ0v) is 16.2. The summed E-state index contributed by atoms with van der Waals surface area (Å²) in [5.41, 5.74) is 1.36. The molecule has 0 bridgehead atoms. The first-order valence-electron chi connectivity index (χ1n) is 9.47. The molecule has 0 aliphatic carbocycles. The second kappa shape index (κ2) is 9.01. The minimum Gasteiger partial charge on any atom is -0.472 e. The summed E-state index contributed by atoms with van der Waals surface area (Å²) in [5.74, 6) is -0.487. The number of halogens is 1. The number of furan rings is 1. The molecule has 1 aliphatic heterocycles. The lowest BCUT2D eigenvalue weighted by molar-refractivity contribution is -0.126. The van der Waals surface area contributed by atoms with Crippen molar-refractivity contribution in [1.82, 2.24) is 15.1 Å². The van der Waals surface area contributed by atoms with Gasteiger partial charge in [-0.25, -0.2) is 4.39 Å². The number of hydrogen-bond donors (Lipinski definition) is 1. The quantitative estimate of drug-likeness (QED) is 0.828. The number of piperidine rings is 1. The van der Waals surface area contributed by atoms with Crippen LogP contribution in [0, 0.1) is 11.7 Å². The van der Waals surface area contributed by atoms with Crippen molar-refractivity contribution in [2.75, 3.05) is 33.7 Å². The van der Waals surface area contributed by atoms with Gasteiger partial charge in [-0.05, 0) is 50.7 Å². The predicted octanol–water partition coefficient (Wildman–Crippen LogP) is 2.69. The van der Waals surface area contributed by atoms with Gasteiger partial charge >= 0.3 is 0 Å². The van der Waals surface area contributed by atoms with Gasteiger partial charge in [-0.2, -0.15) is 0 Å². The van der Waals surface area contributed by atoms with Gasteiger partial charge in [-0.15, -0.1) is 0 Å². The van der Waals surface area contributed by atoms with E-state index in [0.29, 0.717) is 38.0 Å². The fourth-order valence-corrected chi connectivity index (χ4v) is 3.57. The smallest absolute Gasteiger partial charge is 0.257 e. The minimum atomic E-state index is -0.287. The Labute approximate surface area is 164 Å². The molecule has 0 spiro atoms. The van der Waals surface area contributed by atoms with Gasteiger partial charge in [0.25, 0.3) is 5.91 Å². The van der Waals surface area contributed by atoms with Crippen LogP contribution in [0.1, 0.15) is 34.8 Å². The van der Waals surface area contributed by atoms with E-state index in [0.717, 1.165) is 5.56 Å². The van der Waals surface area contributed by atoms with Crippen LogP contribution in [0.25, 0.3) is 0 Å². The van der Waals surface area contributed by atoms with Crippen LogP contribution < -0.4 is 5.32 Å². The third-order valence-electron chi connectivity index (χ3n) is 5.25. The molecule has 28 heavy (non-hydrogen) atoms. The summed E-state index contributed by atoms with van der Waals surface area (Å²) >= 11 is 0. The molecule has 1 aromatic heterocycles. The monoisotopic (exact) mass is 387 g/mol. The molecule has 2 heterocycles. The SMILES string of the molecule is CN(C)C(CNC(=O)C1CCN(C(=O)c2ccoc2)CC1)c1cccc(F)c1. The number of carbonyl (C=O) groups excluding carboxylic acids is 2. The summed E-state index contributed by atoms with van der Waals surface area (Å²) in [4.78, 5) is 28.7. The molecule has 3 rings (SSSR count). The molecule has 1 saturated heterocycles. The first-order chi connectivity index (χ1) is 13.5. The van der Waals surface area contributed by atoms with Crippen LogP contribution >= 0.6 is 0 Å². The van der Waals surface area contributed by atoms with Crippen LogP contribution in [-0.2, 0) is 4.79 Å². The molecule has 1 unspecified atom stereocenters. The lowest BCUT2D eigenvalue weighted by Gasteiger charge is -2.32. The van der Waals surface area contributed by atoms with E-state index in [1.165, 1.54) is 24.7 Å². The summed E-state index contributed by atoms with van der Waals surface area (Å²) in [7, 11) is 3.81. The summed E-state index contributed by atoms with van der Waals surface area (Å²) < 4.78 is 18.5. The van der Waals surface area contributed by atoms with Crippen molar-refractivity contribution in [3.63, 3.8) is 0 Å². The van der Waals surface area contributed by atoms with E-state index in [4.69, 9.17) is 4.42 Å². The maximum atomic E-state index is 13.5. The van der Waals surface area contributed by atoms with Gasteiger partial charge in [0.15, 0.2) is 0 Å². The second-order valence-electron chi connectivity index (χ2n) is 7.36. The van der Waals surface area contributed by atoms with Crippen molar-refractivity contribution < 1.29 is 18.4 Å². The topological polar surface area (TPSA) is 65.8 Å². The Morgan fingerprint density at radius 3 is 2.64 bits per heavy atom. The Kier molecular flexibility index (Phi) is 6.46. The van der Waals surface area contributed by atoms with Crippen LogP contribution in [0.3, 0.4) is 0 Å². The average Bonchev–Trinajstić information content (AvgIpc) is 3.22. The van der Waals surface area contributed by atoms with E-state index in [2.05, 4.69) is 5.32 Å². The van der Waals surface area contributed by atoms with E-state index >= 15 is 0 Å². The van der Waals surface area contributed by atoms with E-state index in [-0.39, 0.29) is 29.6 Å². The minimum absolute atomic E-state index is 0.0151. The number of nitrogens with one attached hydrogen (secondary N) is 1. The highest BCUT2D eigenvalue weighted by Crippen LogP contribution is 2.21. The van der Waals surface area contributed by atoms with E-state index in [9.17, 15) is 14.0 Å². The molecule has 150 valence electrons. The first-order valence-corrected chi connectivity index (χ1v) is 9.47. The molecule has 1 atom stereocenters. The highest BCUT2D eigenvalue weighted by molar-refractivity contribution is 5.94. The molecule has 1 aromatic carbocycles. The number of likely N-dealkylation sites (N-methyl/N-ethyl adjacent to an activating group) is 1. The maximum Gasteiger partial charge on any atom is 0.257 e. The average molecular weight is 387 g/mol.